The van der Waals surface area contributed by atoms with Crippen molar-refractivity contribution in [3.63, 3.8) is 0 Å². The Morgan fingerprint density at radius 2 is 1.85 bits per heavy atom. The lowest BCUT2D eigenvalue weighted by atomic mass is 9.89. The first kappa shape index (κ1) is 20.2. The summed E-state index contributed by atoms with van der Waals surface area (Å²) >= 11 is 0. The summed E-state index contributed by atoms with van der Waals surface area (Å²) in [6.45, 7) is 18.6. The molecule has 1 nitrogen and oxygen atoms in total. The van der Waals surface area contributed by atoms with Gasteiger partial charge in [0.15, 0.2) is 0 Å². The van der Waals surface area contributed by atoms with E-state index in [4.69, 9.17) is 0 Å². The number of hydrogen-bond acceptors (Lipinski definition) is 0. The fourth-order valence-corrected chi connectivity index (χ4v) is 6.26. The van der Waals surface area contributed by atoms with Crippen LogP contribution in [-0.2, 0) is 0 Å². The topological polar surface area (TPSA) is 3.01 Å². The minimum Gasteiger partial charge on any atom is -0.255 e. The fraction of sp³-hybridized carbons (Fsp3) is 0.520. The molecule has 146 valence electrons. The molecule has 0 aromatic heterocycles. The zero-order valence-corrected chi connectivity index (χ0v) is 19.2. The van der Waals surface area contributed by atoms with Gasteiger partial charge in [0.05, 0.1) is 14.8 Å². The van der Waals surface area contributed by atoms with Crippen molar-refractivity contribution in [1.29, 1.82) is 0 Å². The summed E-state index contributed by atoms with van der Waals surface area (Å²) in [5, 5.41) is 1.56. The van der Waals surface area contributed by atoms with Crippen LogP contribution in [0.5, 0.6) is 0 Å². The second kappa shape index (κ2) is 7.83. The first-order valence-electron chi connectivity index (χ1n) is 10.7. The van der Waals surface area contributed by atoms with Crippen LogP contribution in [0.2, 0.25) is 19.6 Å². The van der Waals surface area contributed by atoms with Gasteiger partial charge in [-0.05, 0) is 47.9 Å². The molecule has 1 saturated carbocycles. The predicted octanol–water partition coefficient (Wildman–Crippen LogP) is 6.99. The van der Waals surface area contributed by atoms with Crippen molar-refractivity contribution in [3.8, 4) is 0 Å². The van der Waals surface area contributed by atoms with E-state index in [9.17, 15) is 0 Å². The Hall–Kier alpha value is -1.54. The molecule has 0 saturated heterocycles. The summed E-state index contributed by atoms with van der Waals surface area (Å²) in [6.07, 6.45) is 11.4. The van der Waals surface area contributed by atoms with E-state index in [-0.39, 0.29) is 0 Å². The van der Waals surface area contributed by atoms with Gasteiger partial charge in [0.2, 0.25) is 0 Å². The van der Waals surface area contributed by atoms with E-state index in [1.807, 2.05) is 0 Å². The van der Waals surface area contributed by atoms with E-state index in [1.54, 1.807) is 5.20 Å². The number of benzene rings is 1. The Morgan fingerprint density at radius 1 is 1.19 bits per heavy atom. The van der Waals surface area contributed by atoms with Crippen molar-refractivity contribution in [2.45, 2.75) is 78.4 Å². The van der Waals surface area contributed by atoms with Crippen LogP contribution in [0.3, 0.4) is 0 Å². The summed E-state index contributed by atoms with van der Waals surface area (Å²) in [5.74, 6) is 1.42. The molecular weight excluding hydrogens is 342 g/mol. The minimum atomic E-state index is -1.41. The van der Waals surface area contributed by atoms with Crippen LogP contribution in [-0.4, -0.2) is 19.4 Å². The van der Waals surface area contributed by atoms with Gasteiger partial charge in [0, 0.05) is 0 Å². The SMILES string of the molecule is C=[N+]1C=C([Si](C)(C)C)C(CC(C)C)=C[C-]1c1cc(C2CCCC2)ccc1C. The highest BCUT2D eigenvalue weighted by Crippen LogP contribution is 2.39. The first-order chi connectivity index (χ1) is 12.7. The van der Waals surface area contributed by atoms with Crippen molar-refractivity contribution in [1.82, 2.24) is 0 Å². The average Bonchev–Trinajstić information content (AvgIpc) is 3.10. The van der Waals surface area contributed by atoms with Crippen molar-refractivity contribution >= 4 is 14.8 Å². The van der Waals surface area contributed by atoms with Crippen LogP contribution in [0.1, 0.15) is 68.6 Å². The van der Waals surface area contributed by atoms with Gasteiger partial charge in [-0.25, -0.2) is 0 Å². The van der Waals surface area contributed by atoms with Crippen LogP contribution in [0.25, 0.3) is 0 Å². The second-order valence-electron chi connectivity index (χ2n) is 9.97. The van der Waals surface area contributed by atoms with Gasteiger partial charge in [0.1, 0.15) is 12.2 Å². The highest BCUT2D eigenvalue weighted by molar-refractivity contribution is 6.84. The molecule has 0 N–H and O–H groups in total. The van der Waals surface area contributed by atoms with E-state index in [0.29, 0.717) is 5.92 Å². The molecule has 1 aromatic rings. The summed E-state index contributed by atoms with van der Waals surface area (Å²) in [5.41, 5.74) is 5.77. The Bertz CT molecular complexity index is 770. The number of aryl methyl sites for hydroxylation is 1. The maximum absolute atomic E-state index is 4.40. The molecular formula is C25H37NSi. The lowest BCUT2D eigenvalue weighted by Crippen LogP contribution is -2.31. The highest BCUT2D eigenvalue weighted by atomic mass is 28.3. The molecule has 0 spiro atoms. The van der Waals surface area contributed by atoms with Gasteiger partial charge in [-0.3, -0.25) is 4.58 Å². The van der Waals surface area contributed by atoms with E-state index >= 15 is 0 Å². The average molecular weight is 380 g/mol. The second-order valence-corrected chi connectivity index (χ2v) is 15.0. The zero-order chi connectivity index (χ0) is 19.8. The van der Waals surface area contributed by atoms with Gasteiger partial charge in [-0.1, -0.05) is 88.2 Å². The summed E-state index contributed by atoms with van der Waals surface area (Å²) in [7, 11) is -1.41. The van der Waals surface area contributed by atoms with Gasteiger partial charge in [0.25, 0.3) is 0 Å². The third kappa shape index (κ3) is 4.48. The highest BCUT2D eigenvalue weighted by Gasteiger charge is 2.30. The molecule has 0 radical (unpaired) electrons. The smallest absolute Gasteiger partial charge is 0.147 e. The molecule has 1 aliphatic carbocycles. The fourth-order valence-electron chi connectivity index (χ4n) is 4.58. The zero-order valence-electron chi connectivity index (χ0n) is 18.2. The summed E-state index contributed by atoms with van der Waals surface area (Å²) in [4.78, 5) is 0. The molecule has 0 atom stereocenters. The molecule has 0 unspecified atom stereocenters. The van der Waals surface area contributed by atoms with Crippen LogP contribution in [0.4, 0.5) is 0 Å². The van der Waals surface area contributed by atoms with Crippen LogP contribution < -0.4 is 0 Å². The Morgan fingerprint density at radius 3 is 2.44 bits per heavy atom. The summed E-state index contributed by atoms with van der Waals surface area (Å²) in [6, 6.07) is 8.39. The van der Waals surface area contributed by atoms with Gasteiger partial charge in [-0.2, -0.15) is 0 Å². The molecule has 2 heteroatoms. The summed E-state index contributed by atoms with van der Waals surface area (Å²) < 4.78 is 2.14. The normalized spacial score (nSPS) is 18.9. The van der Waals surface area contributed by atoms with Crippen molar-refractivity contribution in [2.24, 2.45) is 5.92 Å². The number of nitrogens with zero attached hydrogens (tertiary/aromatic N) is 1. The lowest BCUT2D eigenvalue weighted by Gasteiger charge is -2.32. The van der Waals surface area contributed by atoms with Crippen LogP contribution >= 0.6 is 0 Å². The van der Waals surface area contributed by atoms with E-state index in [2.05, 4.69) is 82.2 Å². The largest absolute Gasteiger partial charge is 0.255 e. The van der Waals surface area contributed by atoms with Gasteiger partial charge in [-0.15, -0.1) is 0 Å². The minimum absolute atomic E-state index is 0.666. The lowest BCUT2D eigenvalue weighted by molar-refractivity contribution is -0.418. The van der Waals surface area contributed by atoms with E-state index in [1.165, 1.54) is 54.0 Å². The number of hydrogen-bond donors (Lipinski definition) is 0. The van der Waals surface area contributed by atoms with E-state index in [0.717, 1.165) is 12.3 Å². The molecule has 0 bridgehead atoms. The maximum atomic E-state index is 4.40. The van der Waals surface area contributed by atoms with Gasteiger partial charge >= 0.3 is 0 Å². The third-order valence-corrected chi connectivity index (χ3v) is 8.12. The molecule has 0 amide bonds. The number of rotatable bonds is 5. The van der Waals surface area contributed by atoms with Crippen molar-refractivity contribution in [3.05, 3.63) is 64.0 Å². The number of allylic oxidation sites excluding steroid dienone is 2. The molecule has 2 aliphatic rings. The van der Waals surface area contributed by atoms with Crippen LogP contribution in [0, 0.1) is 18.9 Å². The van der Waals surface area contributed by atoms with Crippen molar-refractivity contribution < 1.29 is 4.58 Å². The van der Waals surface area contributed by atoms with Crippen molar-refractivity contribution in [2.75, 3.05) is 0 Å². The van der Waals surface area contributed by atoms with Crippen LogP contribution in [0.15, 0.2) is 41.2 Å². The maximum Gasteiger partial charge on any atom is 0.147 e. The molecule has 1 aliphatic heterocycles. The molecule has 3 rings (SSSR count). The standard InChI is InChI=1S/C25H37NSi/c1-18(2)14-22-16-24(26(4)17-25(22)27(5,6)7)23-15-21(13-12-19(23)3)20-10-8-9-11-20/h12-13,15-18,20H,4,8-11,14H2,1-3,5-7H3. The molecule has 1 heterocycles. The molecule has 27 heavy (non-hydrogen) atoms. The Labute approximate surface area is 167 Å². The molecule has 1 fully saturated rings. The predicted molar refractivity (Wildman–Crippen MR) is 121 cm³/mol. The quantitative estimate of drug-likeness (QED) is 0.294. The monoisotopic (exact) mass is 379 g/mol. The Balaban J connectivity index is 2.01. The first-order valence-corrected chi connectivity index (χ1v) is 14.2. The Kier molecular flexibility index (Phi) is 5.86. The van der Waals surface area contributed by atoms with Gasteiger partial charge < -0.3 is 0 Å². The third-order valence-electron chi connectivity index (χ3n) is 6.05. The van der Waals surface area contributed by atoms with E-state index < -0.39 is 8.07 Å². The molecule has 1 aromatic carbocycles.